The highest BCUT2D eigenvalue weighted by Crippen LogP contribution is 2.38. The van der Waals surface area contributed by atoms with E-state index in [1.807, 2.05) is 0 Å². The Bertz CT molecular complexity index is 235. The summed E-state index contributed by atoms with van der Waals surface area (Å²) < 4.78 is 0. The van der Waals surface area contributed by atoms with Gasteiger partial charge in [0.2, 0.25) is 0 Å². The third kappa shape index (κ3) is 1.92. The van der Waals surface area contributed by atoms with Crippen LogP contribution in [0.1, 0.15) is 45.4 Å². The molecule has 2 N–H and O–H groups in total. The first-order valence-corrected chi connectivity index (χ1v) is 5.63. The number of carbonyl (C=O) groups is 1. The molecule has 2 rings (SSSR count). The van der Waals surface area contributed by atoms with Gasteiger partial charge in [0.05, 0.1) is 0 Å². The first-order chi connectivity index (χ1) is 6.62. The topological polar surface area (TPSA) is 49.3 Å². The zero-order valence-electron chi connectivity index (χ0n) is 8.75. The van der Waals surface area contributed by atoms with Crippen LogP contribution in [0.15, 0.2) is 0 Å². The monoisotopic (exact) mass is 197 g/mol. The van der Waals surface area contributed by atoms with Crippen molar-refractivity contribution in [1.82, 2.24) is 5.32 Å². The number of carboxylic acid groups (broad SMARTS) is 1. The molecule has 0 bridgehead atoms. The number of aliphatic carboxylic acids is 1. The molecule has 2 unspecified atom stereocenters. The lowest BCUT2D eigenvalue weighted by Gasteiger charge is -2.30. The maximum absolute atomic E-state index is 11.0. The highest BCUT2D eigenvalue weighted by atomic mass is 16.4. The summed E-state index contributed by atoms with van der Waals surface area (Å²) in [7, 11) is 0. The zero-order valence-corrected chi connectivity index (χ0v) is 8.75. The second-order valence-electron chi connectivity index (χ2n) is 5.00. The van der Waals surface area contributed by atoms with Crippen molar-refractivity contribution in [2.24, 2.45) is 5.92 Å². The molecule has 0 aromatic heterocycles. The third-order valence-electron chi connectivity index (χ3n) is 3.58. The van der Waals surface area contributed by atoms with Crippen LogP contribution in [0, 0.1) is 5.92 Å². The van der Waals surface area contributed by atoms with Crippen molar-refractivity contribution in [1.29, 1.82) is 0 Å². The van der Waals surface area contributed by atoms with Gasteiger partial charge in [-0.2, -0.15) is 0 Å². The fourth-order valence-electron chi connectivity index (χ4n) is 2.50. The van der Waals surface area contributed by atoms with Crippen LogP contribution < -0.4 is 5.32 Å². The Hall–Kier alpha value is -0.570. The van der Waals surface area contributed by atoms with Crippen LogP contribution in [0.5, 0.6) is 0 Å². The Morgan fingerprint density at radius 2 is 2.14 bits per heavy atom. The maximum atomic E-state index is 11.0. The van der Waals surface area contributed by atoms with Gasteiger partial charge < -0.3 is 5.11 Å². The molecule has 2 aliphatic carbocycles. The van der Waals surface area contributed by atoms with Crippen molar-refractivity contribution < 1.29 is 9.90 Å². The molecular weight excluding hydrogens is 178 g/mol. The maximum Gasteiger partial charge on any atom is 0.323 e. The Labute approximate surface area is 84.9 Å². The van der Waals surface area contributed by atoms with E-state index in [0.717, 1.165) is 31.6 Å². The smallest absolute Gasteiger partial charge is 0.323 e. The van der Waals surface area contributed by atoms with Gasteiger partial charge >= 0.3 is 5.97 Å². The predicted octanol–water partition coefficient (Wildman–Crippen LogP) is 1.77. The van der Waals surface area contributed by atoms with Gasteiger partial charge in [-0.25, -0.2) is 0 Å². The van der Waals surface area contributed by atoms with Crippen LogP contribution in [0.4, 0.5) is 0 Å². The second kappa shape index (κ2) is 3.54. The van der Waals surface area contributed by atoms with Gasteiger partial charge in [0.25, 0.3) is 0 Å². The van der Waals surface area contributed by atoms with E-state index in [1.54, 1.807) is 0 Å². The van der Waals surface area contributed by atoms with Crippen molar-refractivity contribution in [2.75, 3.05) is 0 Å². The lowest BCUT2D eigenvalue weighted by molar-refractivity contribution is -0.141. The minimum atomic E-state index is -0.657. The highest BCUT2D eigenvalue weighted by molar-refractivity contribution is 5.82. The molecule has 0 aromatic carbocycles. The summed E-state index contributed by atoms with van der Waals surface area (Å²) in [6.45, 7) is 2.26. The lowest BCUT2D eigenvalue weighted by Crippen LogP contribution is -2.47. The highest BCUT2D eigenvalue weighted by Gasteiger charge is 2.51. The lowest BCUT2D eigenvalue weighted by atomic mass is 9.86. The molecule has 0 radical (unpaired) electrons. The largest absolute Gasteiger partial charge is 0.480 e. The fraction of sp³-hybridized carbons (Fsp3) is 0.909. The van der Waals surface area contributed by atoms with Crippen LogP contribution in [-0.4, -0.2) is 22.7 Å². The quantitative estimate of drug-likeness (QED) is 0.725. The fourth-order valence-corrected chi connectivity index (χ4v) is 2.50. The second-order valence-corrected chi connectivity index (χ2v) is 5.00. The molecule has 2 atom stereocenters. The van der Waals surface area contributed by atoms with Gasteiger partial charge in [0, 0.05) is 6.04 Å². The van der Waals surface area contributed by atoms with E-state index in [4.69, 9.17) is 5.11 Å². The Morgan fingerprint density at radius 3 is 2.64 bits per heavy atom. The van der Waals surface area contributed by atoms with Gasteiger partial charge in [0.1, 0.15) is 5.54 Å². The normalized spacial score (nSPS) is 35.2. The molecule has 3 heteroatoms. The minimum absolute atomic E-state index is 0.442. The van der Waals surface area contributed by atoms with Crippen LogP contribution >= 0.6 is 0 Å². The van der Waals surface area contributed by atoms with Crippen molar-refractivity contribution in [3.63, 3.8) is 0 Å². The molecule has 0 aliphatic heterocycles. The van der Waals surface area contributed by atoms with Gasteiger partial charge in [-0.05, 0) is 31.6 Å². The van der Waals surface area contributed by atoms with Crippen LogP contribution in [-0.2, 0) is 4.79 Å². The summed E-state index contributed by atoms with van der Waals surface area (Å²) in [5.41, 5.74) is -0.540. The Morgan fingerprint density at radius 1 is 1.43 bits per heavy atom. The van der Waals surface area contributed by atoms with E-state index in [2.05, 4.69) is 12.2 Å². The van der Waals surface area contributed by atoms with E-state index >= 15 is 0 Å². The molecule has 0 saturated heterocycles. The number of rotatable bonds is 3. The summed E-state index contributed by atoms with van der Waals surface area (Å²) in [5.74, 6) is 0.0987. The number of nitrogens with one attached hydrogen (secondary N) is 1. The Balaban J connectivity index is 1.88. The first-order valence-electron chi connectivity index (χ1n) is 5.63. The molecule has 0 aromatic rings. The number of carboxylic acids is 1. The van der Waals surface area contributed by atoms with E-state index in [9.17, 15) is 4.79 Å². The van der Waals surface area contributed by atoms with E-state index in [1.165, 1.54) is 12.8 Å². The van der Waals surface area contributed by atoms with Crippen molar-refractivity contribution in [2.45, 2.75) is 57.0 Å². The van der Waals surface area contributed by atoms with Gasteiger partial charge in [0.15, 0.2) is 0 Å². The minimum Gasteiger partial charge on any atom is -0.480 e. The molecule has 2 fully saturated rings. The third-order valence-corrected chi connectivity index (χ3v) is 3.58. The van der Waals surface area contributed by atoms with Crippen LogP contribution in [0.25, 0.3) is 0 Å². The van der Waals surface area contributed by atoms with Crippen LogP contribution in [0.3, 0.4) is 0 Å². The summed E-state index contributed by atoms with van der Waals surface area (Å²) in [4.78, 5) is 11.0. The standard InChI is InChI=1S/C11H19NO2/c1-8-3-2-4-9(7-8)12-11(5-6-11)10(13)14/h8-9,12H,2-7H2,1H3,(H,13,14). The zero-order chi connectivity index (χ0) is 10.2. The molecule has 3 nitrogen and oxygen atoms in total. The van der Waals surface area contributed by atoms with Gasteiger partial charge in [-0.15, -0.1) is 0 Å². The Kier molecular flexibility index (Phi) is 2.52. The summed E-state index contributed by atoms with van der Waals surface area (Å²) in [6.07, 6.45) is 6.47. The number of hydrogen-bond acceptors (Lipinski definition) is 2. The van der Waals surface area contributed by atoms with Crippen molar-refractivity contribution in [3.8, 4) is 0 Å². The van der Waals surface area contributed by atoms with E-state index in [-0.39, 0.29) is 0 Å². The average Bonchev–Trinajstić information content (AvgIpc) is 2.85. The molecule has 2 aliphatic rings. The molecule has 0 heterocycles. The molecule has 80 valence electrons. The molecule has 0 spiro atoms. The molecule has 0 amide bonds. The number of hydrogen-bond donors (Lipinski definition) is 2. The van der Waals surface area contributed by atoms with Crippen molar-refractivity contribution >= 4 is 5.97 Å². The van der Waals surface area contributed by atoms with E-state index < -0.39 is 11.5 Å². The summed E-state index contributed by atoms with van der Waals surface area (Å²) >= 11 is 0. The summed E-state index contributed by atoms with van der Waals surface area (Å²) in [6, 6.07) is 0.442. The predicted molar refractivity (Wildman–Crippen MR) is 54.2 cm³/mol. The molecule has 2 saturated carbocycles. The van der Waals surface area contributed by atoms with Crippen LogP contribution in [0.2, 0.25) is 0 Å². The first kappa shape index (κ1) is 9.97. The molecule has 14 heavy (non-hydrogen) atoms. The molecular formula is C11H19NO2. The van der Waals surface area contributed by atoms with Gasteiger partial charge in [-0.1, -0.05) is 19.8 Å². The SMILES string of the molecule is CC1CCCC(NC2(C(=O)O)CC2)C1. The average molecular weight is 197 g/mol. The van der Waals surface area contributed by atoms with E-state index in [0.29, 0.717) is 6.04 Å². The van der Waals surface area contributed by atoms with Crippen molar-refractivity contribution in [3.05, 3.63) is 0 Å². The van der Waals surface area contributed by atoms with Gasteiger partial charge in [-0.3, -0.25) is 10.1 Å². The summed E-state index contributed by atoms with van der Waals surface area (Å²) in [5, 5.41) is 12.4.